The number of amides is 2. The smallest absolute Gasteiger partial charge is 0.328 e. The highest BCUT2D eigenvalue weighted by atomic mass is 16.6. The molecule has 0 radical (unpaired) electrons. The molecule has 0 aliphatic rings. The average Bonchev–Trinajstić information content (AvgIpc) is 2.84. The van der Waals surface area contributed by atoms with Crippen LogP contribution in [0, 0.1) is 0 Å². The van der Waals surface area contributed by atoms with E-state index in [0.29, 0.717) is 10.9 Å². The van der Waals surface area contributed by atoms with E-state index in [4.69, 9.17) is 10.5 Å². The van der Waals surface area contributed by atoms with Gasteiger partial charge < -0.3 is 15.8 Å². The molecule has 2 amide bonds. The number of benzene rings is 1. The molecule has 3 N–H and O–H groups in total. The second-order valence-electron chi connectivity index (χ2n) is 6.71. The normalized spacial score (nSPS) is 12.6. The fourth-order valence-corrected chi connectivity index (χ4v) is 2.30. The predicted octanol–water partition coefficient (Wildman–Crippen LogP) is 0.982. The van der Waals surface area contributed by atoms with Crippen molar-refractivity contribution >= 4 is 28.7 Å². The number of carbonyl (C=O) groups is 3. The largest absolute Gasteiger partial charge is 0.458 e. The molecule has 8 heteroatoms. The van der Waals surface area contributed by atoms with Crippen LogP contribution in [0.3, 0.4) is 0 Å². The predicted molar refractivity (Wildman–Crippen MR) is 91.7 cm³/mol. The summed E-state index contributed by atoms with van der Waals surface area (Å²) < 4.78 is 6.60. The van der Waals surface area contributed by atoms with Gasteiger partial charge in [-0.05, 0) is 33.8 Å². The minimum absolute atomic E-state index is 0.101. The van der Waals surface area contributed by atoms with Crippen molar-refractivity contribution in [2.45, 2.75) is 45.9 Å². The zero-order valence-electron chi connectivity index (χ0n) is 14.7. The third kappa shape index (κ3) is 4.56. The summed E-state index contributed by atoms with van der Waals surface area (Å²) >= 11 is 0. The van der Waals surface area contributed by atoms with Crippen molar-refractivity contribution in [2.75, 3.05) is 0 Å². The van der Waals surface area contributed by atoms with E-state index >= 15 is 0 Å². The summed E-state index contributed by atoms with van der Waals surface area (Å²) in [6, 6.07) is 6.17. The van der Waals surface area contributed by atoms with Gasteiger partial charge in [0.15, 0.2) is 5.69 Å². The number of hydrogen-bond acceptors (Lipinski definition) is 5. The highest BCUT2D eigenvalue weighted by Gasteiger charge is 2.23. The van der Waals surface area contributed by atoms with Crippen LogP contribution in [0.15, 0.2) is 24.3 Å². The van der Waals surface area contributed by atoms with Crippen LogP contribution in [0.2, 0.25) is 0 Å². The first-order valence-corrected chi connectivity index (χ1v) is 7.86. The first kappa shape index (κ1) is 18.4. The lowest BCUT2D eigenvalue weighted by Gasteiger charge is -2.22. The minimum Gasteiger partial charge on any atom is -0.458 e. The summed E-state index contributed by atoms with van der Waals surface area (Å²) in [4.78, 5) is 35.7. The molecule has 0 saturated carbocycles. The molecule has 1 atom stereocenters. The molecule has 134 valence electrons. The van der Waals surface area contributed by atoms with Crippen LogP contribution in [0.1, 0.15) is 38.2 Å². The van der Waals surface area contributed by atoms with Crippen LogP contribution in [-0.2, 0) is 20.9 Å². The van der Waals surface area contributed by atoms with E-state index in [0.717, 1.165) is 0 Å². The molecule has 25 heavy (non-hydrogen) atoms. The second-order valence-corrected chi connectivity index (χ2v) is 6.71. The van der Waals surface area contributed by atoms with Crippen molar-refractivity contribution in [3.8, 4) is 0 Å². The molecule has 1 aromatic carbocycles. The lowest BCUT2D eigenvalue weighted by atomic mass is 10.2. The highest BCUT2D eigenvalue weighted by Crippen LogP contribution is 2.18. The monoisotopic (exact) mass is 346 g/mol. The highest BCUT2D eigenvalue weighted by molar-refractivity contribution is 6.04. The zero-order valence-corrected chi connectivity index (χ0v) is 14.7. The molecule has 2 aromatic rings. The van der Waals surface area contributed by atoms with Gasteiger partial charge in [0.2, 0.25) is 5.91 Å². The van der Waals surface area contributed by atoms with Crippen LogP contribution in [0.4, 0.5) is 0 Å². The summed E-state index contributed by atoms with van der Waals surface area (Å²) in [6.45, 7) is 6.64. The summed E-state index contributed by atoms with van der Waals surface area (Å²) in [6.07, 6.45) is 0. The second kappa shape index (κ2) is 6.92. The van der Waals surface area contributed by atoms with Gasteiger partial charge in [0.1, 0.15) is 18.2 Å². The number of para-hydroxylation sites is 1. The lowest BCUT2D eigenvalue weighted by Crippen LogP contribution is -2.43. The number of fused-ring (bicyclic) bond motifs is 1. The van der Waals surface area contributed by atoms with Gasteiger partial charge in [-0.3, -0.25) is 14.3 Å². The maximum atomic E-state index is 12.2. The van der Waals surface area contributed by atoms with Crippen molar-refractivity contribution in [2.24, 2.45) is 5.73 Å². The van der Waals surface area contributed by atoms with Gasteiger partial charge in [-0.15, -0.1) is 0 Å². The van der Waals surface area contributed by atoms with E-state index in [1.54, 1.807) is 52.0 Å². The molecular weight excluding hydrogens is 324 g/mol. The fourth-order valence-electron chi connectivity index (χ4n) is 2.30. The third-order valence-corrected chi connectivity index (χ3v) is 3.32. The molecule has 0 saturated heterocycles. The Kier molecular flexibility index (Phi) is 5.10. The van der Waals surface area contributed by atoms with Gasteiger partial charge >= 0.3 is 5.97 Å². The van der Waals surface area contributed by atoms with Gasteiger partial charge in [0.05, 0.1) is 5.52 Å². The van der Waals surface area contributed by atoms with Gasteiger partial charge in [-0.25, -0.2) is 4.79 Å². The molecule has 0 bridgehead atoms. The van der Waals surface area contributed by atoms with E-state index in [2.05, 4.69) is 10.4 Å². The van der Waals surface area contributed by atoms with E-state index < -0.39 is 29.4 Å². The molecule has 8 nitrogen and oxygen atoms in total. The quantitative estimate of drug-likeness (QED) is 0.783. The number of nitrogens with two attached hydrogens (primary N) is 1. The van der Waals surface area contributed by atoms with Gasteiger partial charge in [0, 0.05) is 5.39 Å². The number of rotatable bonds is 5. The number of carbonyl (C=O) groups excluding carboxylic acids is 3. The Labute approximate surface area is 145 Å². The Balaban J connectivity index is 2.12. The summed E-state index contributed by atoms with van der Waals surface area (Å²) in [5, 5.41) is 7.24. The van der Waals surface area contributed by atoms with Crippen LogP contribution in [-0.4, -0.2) is 39.2 Å². The van der Waals surface area contributed by atoms with Gasteiger partial charge in [0.25, 0.3) is 5.91 Å². The summed E-state index contributed by atoms with van der Waals surface area (Å²) in [5.41, 5.74) is 5.40. The molecule has 0 aliphatic heterocycles. The third-order valence-electron chi connectivity index (χ3n) is 3.32. The van der Waals surface area contributed by atoms with E-state index in [1.165, 1.54) is 4.68 Å². The summed E-state index contributed by atoms with van der Waals surface area (Å²) in [5.74, 6) is -1.62. The molecule has 1 heterocycles. The zero-order chi connectivity index (χ0) is 18.8. The number of esters is 1. The lowest BCUT2D eigenvalue weighted by molar-refractivity contribution is -0.158. The van der Waals surface area contributed by atoms with Crippen molar-refractivity contribution < 1.29 is 19.1 Å². The Morgan fingerprint density at radius 2 is 1.92 bits per heavy atom. The molecule has 0 fully saturated rings. The number of primary amides is 1. The topological polar surface area (TPSA) is 116 Å². The first-order valence-electron chi connectivity index (χ1n) is 7.86. The number of ether oxygens (including phenoxy) is 1. The SMILES string of the molecule is CC(NC(=O)Cn1nc(C(N)=O)c2ccccc21)C(=O)OC(C)(C)C. The fraction of sp³-hybridized carbons (Fsp3) is 0.412. The molecule has 2 rings (SSSR count). The van der Waals surface area contributed by atoms with Crippen LogP contribution in [0.25, 0.3) is 10.9 Å². The van der Waals surface area contributed by atoms with Crippen molar-refractivity contribution in [3.63, 3.8) is 0 Å². The Morgan fingerprint density at radius 3 is 2.52 bits per heavy atom. The van der Waals surface area contributed by atoms with E-state index in [-0.39, 0.29) is 12.2 Å². The van der Waals surface area contributed by atoms with Gasteiger partial charge in [-0.2, -0.15) is 5.10 Å². The van der Waals surface area contributed by atoms with E-state index in [1.807, 2.05) is 0 Å². The number of nitrogens with one attached hydrogen (secondary N) is 1. The van der Waals surface area contributed by atoms with Crippen LogP contribution in [0.5, 0.6) is 0 Å². The Bertz CT molecular complexity index is 820. The standard InChI is InChI=1S/C17H22N4O4/c1-10(16(24)25-17(2,3)4)19-13(22)9-21-12-8-6-5-7-11(12)14(20-21)15(18)23/h5-8,10H,9H2,1-4H3,(H2,18,23)(H,19,22). The van der Waals surface area contributed by atoms with Crippen molar-refractivity contribution in [1.29, 1.82) is 0 Å². The Hall–Kier alpha value is -2.90. The van der Waals surface area contributed by atoms with Crippen molar-refractivity contribution in [3.05, 3.63) is 30.0 Å². The molecule has 1 unspecified atom stereocenters. The average molecular weight is 346 g/mol. The van der Waals surface area contributed by atoms with Crippen molar-refractivity contribution in [1.82, 2.24) is 15.1 Å². The molecule has 0 spiro atoms. The molecular formula is C17H22N4O4. The number of aromatic nitrogens is 2. The minimum atomic E-state index is -0.802. The van der Waals surface area contributed by atoms with Crippen LogP contribution >= 0.6 is 0 Å². The number of hydrogen-bond donors (Lipinski definition) is 2. The molecule has 1 aromatic heterocycles. The van der Waals surface area contributed by atoms with Gasteiger partial charge in [-0.1, -0.05) is 18.2 Å². The number of nitrogens with zero attached hydrogens (tertiary/aromatic N) is 2. The summed E-state index contributed by atoms with van der Waals surface area (Å²) in [7, 11) is 0. The molecule has 0 aliphatic carbocycles. The maximum Gasteiger partial charge on any atom is 0.328 e. The first-order chi connectivity index (χ1) is 11.6. The van der Waals surface area contributed by atoms with Crippen LogP contribution < -0.4 is 11.1 Å². The van der Waals surface area contributed by atoms with E-state index in [9.17, 15) is 14.4 Å². The Morgan fingerprint density at radius 1 is 1.28 bits per heavy atom. The maximum absolute atomic E-state index is 12.2.